The van der Waals surface area contributed by atoms with Crippen LogP contribution < -0.4 is 15.8 Å². The Labute approximate surface area is 191 Å². The highest BCUT2D eigenvalue weighted by molar-refractivity contribution is 8.00. The molecule has 3 rings (SSSR count). The monoisotopic (exact) mass is 453 g/mol. The number of nitrogens with one attached hydrogen (secondary N) is 1. The average Bonchev–Trinajstić information content (AvgIpc) is 3.19. The number of hydrogen-bond donors (Lipinski definition) is 2. The molecule has 32 heavy (non-hydrogen) atoms. The van der Waals surface area contributed by atoms with Crippen molar-refractivity contribution < 1.29 is 14.3 Å². The lowest BCUT2D eigenvalue weighted by Gasteiger charge is -2.21. The fourth-order valence-corrected chi connectivity index (χ4v) is 4.43. The number of carbonyl (C=O) groups excluding carboxylic acids is 2. The Kier molecular flexibility index (Phi) is 7.19. The van der Waals surface area contributed by atoms with Crippen molar-refractivity contribution in [3.05, 3.63) is 70.4 Å². The van der Waals surface area contributed by atoms with Crippen LogP contribution in [0.15, 0.2) is 41.7 Å². The highest BCUT2D eigenvalue weighted by atomic mass is 32.2. The Hall–Kier alpha value is -3.33. The van der Waals surface area contributed by atoms with Crippen molar-refractivity contribution in [1.82, 2.24) is 19.9 Å². The van der Waals surface area contributed by atoms with Gasteiger partial charge in [-0.3, -0.25) is 9.59 Å². The molecule has 0 bridgehead atoms. The summed E-state index contributed by atoms with van der Waals surface area (Å²) >= 11 is 1.19. The number of amides is 2. The van der Waals surface area contributed by atoms with Gasteiger partial charge in [0.2, 0.25) is 5.91 Å². The third-order valence-electron chi connectivity index (χ3n) is 5.42. The number of imidazole rings is 1. The highest BCUT2D eigenvalue weighted by Gasteiger charge is 2.25. The van der Waals surface area contributed by atoms with Gasteiger partial charge < -0.3 is 20.4 Å². The zero-order valence-electron chi connectivity index (χ0n) is 18.8. The molecular weight excluding hydrogens is 426 g/mol. The summed E-state index contributed by atoms with van der Waals surface area (Å²) in [4.78, 5) is 33.9. The fraction of sp³-hybridized carbons (Fsp3) is 0.304. The zero-order chi connectivity index (χ0) is 23.4. The Balaban J connectivity index is 1.86. The van der Waals surface area contributed by atoms with Gasteiger partial charge in [0.25, 0.3) is 5.91 Å². The normalized spacial score (nSPS) is 11.8. The average molecular weight is 454 g/mol. The largest absolute Gasteiger partial charge is 0.496 e. The van der Waals surface area contributed by atoms with Crippen LogP contribution in [-0.2, 0) is 11.8 Å². The third kappa shape index (κ3) is 4.77. The highest BCUT2D eigenvalue weighted by Crippen LogP contribution is 2.30. The first-order chi connectivity index (χ1) is 15.2. The number of pyridine rings is 1. The summed E-state index contributed by atoms with van der Waals surface area (Å²) in [5.41, 5.74) is 9.24. The number of hydrogen-bond acceptors (Lipinski definition) is 6. The van der Waals surface area contributed by atoms with Gasteiger partial charge in [-0.25, -0.2) is 9.97 Å². The summed E-state index contributed by atoms with van der Waals surface area (Å²) in [6.45, 7) is 5.61. The fourth-order valence-electron chi connectivity index (χ4n) is 3.48. The van der Waals surface area contributed by atoms with Crippen LogP contribution in [0.2, 0.25) is 0 Å². The predicted molar refractivity (Wildman–Crippen MR) is 124 cm³/mol. The molecule has 0 radical (unpaired) electrons. The number of nitrogens with two attached hydrogens (primary N) is 1. The van der Waals surface area contributed by atoms with Gasteiger partial charge in [-0.05, 0) is 38.0 Å². The number of carbonyl (C=O) groups is 2. The van der Waals surface area contributed by atoms with Gasteiger partial charge in [-0.2, -0.15) is 0 Å². The van der Waals surface area contributed by atoms with Crippen LogP contribution in [0.3, 0.4) is 0 Å². The van der Waals surface area contributed by atoms with Crippen LogP contribution in [0.25, 0.3) is 0 Å². The zero-order valence-corrected chi connectivity index (χ0v) is 19.6. The molecule has 1 atom stereocenters. The van der Waals surface area contributed by atoms with Gasteiger partial charge in [-0.1, -0.05) is 30.0 Å². The molecule has 0 fully saturated rings. The number of benzene rings is 1. The molecule has 168 valence electrons. The topological polar surface area (TPSA) is 112 Å². The molecular formula is C23H27N5O3S. The number of ether oxygens (including phenoxy) is 1. The second kappa shape index (κ2) is 9.86. The molecule has 0 aliphatic carbocycles. The third-order valence-corrected chi connectivity index (χ3v) is 6.40. The lowest BCUT2D eigenvalue weighted by Crippen LogP contribution is -2.32. The summed E-state index contributed by atoms with van der Waals surface area (Å²) < 4.78 is 7.35. The SMILES string of the molecule is COc1ccccc1C(NC(=O)CSc1nc(C)c(C)c(C)c1C(N)=O)c1nccn1C. The van der Waals surface area contributed by atoms with E-state index in [0.29, 0.717) is 22.2 Å². The van der Waals surface area contributed by atoms with Crippen LogP contribution in [0.1, 0.15) is 44.6 Å². The first kappa shape index (κ1) is 23.3. The Morgan fingerprint density at radius 3 is 2.56 bits per heavy atom. The Morgan fingerprint density at radius 1 is 1.22 bits per heavy atom. The molecule has 1 aromatic carbocycles. The summed E-state index contributed by atoms with van der Waals surface area (Å²) in [7, 11) is 3.46. The standard InChI is InChI=1S/C23H27N5O3S/c1-13-14(2)19(21(24)30)23(26-15(13)3)32-12-18(29)27-20(22-25-10-11-28(22)4)16-8-6-7-9-17(16)31-5/h6-11,20H,12H2,1-5H3,(H2,24,30)(H,27,29). The summed E-state index contributed by atoms with van der Waals surface area (Å²) in [6, 6.07) is 6.98. The van der Waals surface area contributed by atoms with E-state index >= 15 is 0 Å². The minimum Gasteiger partial charge on any atom is -0.496 e. The van der Waals surface area contributed by atoms with Crippen molar-refractivity contribution >= 4 is 23.6 Å². The molecule has 0 spiro atoms. The molecule has 8 nitrogen and oxygen atoms in total. The van der Waals surface area contributed by atoms with Gasteiger partial charge >= 0.3 is 0 Å². The second-order valence-electron chi connectivity index (χ2n) is 7.42. The molecule has 0 saturated carbocycles. The Bertz CT molecular complexity index is 1160. The van der Waals surface area contributed by atoms with Gasteiger partial charge in [-0.15, -0.1) is 0 Å². The first-order valence-corrected chi connectivity index (χ1v) is 11.0. The molecule has 2 aromatic heterocycles. The second-order valence-corrected chi connectivity index (χ2v) is 8.38. The summed E-state index contributed by atoms with van der Waals surface area (Å²) in [5, 5.41) is 3.50. The molecule has 0 aliphatic heterocycles. The van der Waals surface area contributed by atoms with E-state index in [1.807, 2.05) is 62.8 Å². The van der Waals surface area contributed by atoms with Crippen molar-refractivity contribution in [2.24, 2.45) is 12.8 Å². The maximum atomic E-state index is 13.0. The van der Waals surface area contributed by atoms with Crippen molar-refractivity contribution in [3.63, 3.8) is 0 Å². The van der Waals surface area contributed by atoms with Gasteiger partial charge in [0.15, 0.2) is 0 Å². The van der Waals surface area contributed by atoms with Crippen molar-refractivity contribution in [2.75, 3.05) is 12.9 Å². The van der Waals surface area contributed by atoms with E-state index in [9.17, 15) is 9.59 Å². The number of methoxy groups -OCH3 is 1. The van der Waals surface area contributed by atoms with Crippen molar-refractivity contribution in [3.8, 4) is 5.75 Å². The lowest BCUT2D eigenvalue weighted by molar-refractivity contribution is -0.119. The lowest BCUT2D eigenvalue weighted by atomic mass is 10.0. The van der Waals surface area contributed by atoms with E-state index in [2.05, 4.69) is 15.3 Å². The predicted octanol–water partition coefficient (Wildman–Crippen LogP) is 2.85. The van der Waals surface area contributed by atoms with Gasteiger partial charge in [0.1, 0.15) is 22.6 Å². The van der Waals surface area contributed by atoms with Crippen LogP contribution in [0, 0.1) is 20.8 Å². The number of rotatable bonds is 8. The van der Waals surface area contributed by atoms with Crippen molar-refractivity contribution in [2.45, 2.75) is 31.8 Å². The van der Waals surface area contributed by atoms with Crippen LogP contribution in [0.5, 0.6) is 5.75 Å². The quantitative estimate of drug-likeness (QED) is 0.507. The van der Waals surface area contributed by atoms with E-state index in [0.717, 1.165) is 22.4 Å². The molecule has 3 aromatic rings. The number of primary amides is 1. The molecule has 0 aliphatic rings. The van der Waals surface area contributed by atoms with Crippen LogP contribution in [-0.4, -0.2) is 39.2 Å². The van der Waals surface area contributed by atoms with E-state index in [1.165, 1.54) is 11.8 Å². The van der Waals surface area contributed by atoms with E-state index in [-0.39, 0.29) is 11.7 Å². The number of thioether (sulfide) groups is 1. The first-order valence-electron chi connectivity index (χ1n) is 10.0. The number of aryl methyl sites for hydroxylation is 2. The molecule has 0 saturated heterocycles. The Morgan fingerprint density at radius 2 is 1.94 bits per heavy atom. The minimum atomic E-state index is -0.555. The number of nitrogens with zero attached hydrogens (tertiary/aromatic N) is 3. The van der Waals surface area contributed by atoms with E-state index < -0.39 is 11.9 Å². The summed E-state index contributed by atoms with van der Waals surface area (Å²) in [5.74, 6) is 0.593. The van der Waals surface area contributed by atoms with Gasteiger partial charge in [0.05, 0.1) is 18.4 Å². The summed E-state index contributed by atoms with van der Waals surface area (Å²) in [6.07, 6.45) is 3.50. The number of para-hydroxylation sites is 1. The molecule has 3 N–H and O–H groups in total. The molecule has 9 heteroatoms. The minimum absolute atomic E-state index is 0.0608. The van der Waals surface area contributed by atoms with Crippen LogP contribution >= 0.6 is 11.8 Å². The molecule has 2 amide bonds. The molecule has 1 unspecified atom stereocenters. The van der Waals surface area contributed by atoms with E-state index in [1.54, 1.807) is 13.3 Å². The maximum absolute atomic E-state index is 13.0. The van der Waals surface area contributed by atoms with E-state index in [4.69, 9.17) is 10.5 Å². The van der Waals surface area contributed by atoms with Crippen LogP contribution in [0.4, 0.5) is 0 Å². The molecule has 2 heterocycles. The van der Waals surface area contributed by atoms with Crippen molar-refractivity contribution in [1.29, 1.82) is 0 Å². The maximum Gasteiger partial charge on any atom is 0.251 e. The van der Waals surface area contributed by atoms with Gasteiger partial charge in [0, 0.05) is 30.7 Å². The smallest absolute Gasteiger partial charge is 0.251 e. The number of aromatic nitrogens is 3.